The molecule has 3 atom stereocenters. The van der Waals surface area contributed by atoms with Crippen molar-refractivity contribution < 1.29 is 19.4 Å². The van der Waals surface area contributed by atoms with Gasteiger partial charge in [0.1, 0.15) is 6.61 Å². The fourth-order valence-corrected chi connectivity index (χ4v) is 2.55. The van der Waals surface area contributed by atoms with Gasteiger partial charge in [-0.05, 0) is 18.9 Å². The van der Waals surface area contributed by atoms with Gasteiger partial charge in [-0.1, -0.05) is 49.4 Å². The lowest BCUT2D eigenvalue weighted by atomic mass is 9.97. The molecule has 5 heteroatoms. The summed E-state index contributed by atoms with van der Waals surface area (Å²) in [5, 5.41) is 9.99. The molecule has 1 aromatic rings. The predicted molar refractivity (Wildman–Crippen MR) is 82.1 cm³/mol. The van der Waals surface area contributed by atoms with E-state index in [9.17, 15) is 14.7 Å². The molecule has 0 aliphatic carbocycles. The van der Waals surface area contributed by atoms with Crippen LogP contribution in [-0.2, 0) is 16.0 Å². The van der Waals surface area contributed by atoms with E-state index < -0.39 is 24.0 Å². The summed E-state index contributed by atoms with van der Waals surface area (Å²) in [5.74, 6) is -1.17. The number of ether oxygens (including phenoxy) is 1. The topological polar surface area (TPSA) is 66.8 Å². The number of amides is 2. The molecule has 1 aliphatic rings. The van der Waals surface area contributed by atoms with Crippen LogP contribution >= 0.6 is 0 Å². The Morgan fingerprint density at radius 2 is 2.09 bits per heavy atom. The van der Waals surface area contributed by atoms with Crippen LogP contribution in [0, 0.1) is 5.92 Å². The van der Waals surface area contributed by atoms with Crippen LogP contribution in [0.25, 0.3) is 0 Å². The third-order valence-corrected chi connectivity index (χ3v) is 3.88. The summed E-state index contributed by atoms with van der Waals surface area (Å²) in [6.07, 6.45) is -1.08. The van der Waals surface area contributed by atoms with Crippen molar-refractivity contribution >= 4 is 12.0 Å². The molecule has 0 bridgehead atoms. The number of rotatable bonds is 5. The lowest BCUT2D eigenvalue weighted by Crippen LogP contribution is -2.45. The number of hydrogen-bond acceptors (Lipinski definition) is 4. The van der Waals surface area contributed by atoms with Gasteiger partial charge in [0.2, 0.25) is 5.91 Å². The SMILES string of the molecule is C=C(C)C(O)C(C)C(=O)N1C(=O)OC[C@@H]1Cc1ccccc1. The first-order chi connectivity index (χ1) is 10.4. The van der Waals surface area contributed by atoms with Crippen LogP contribution in [0.15, 0.2) is 42.5 Å². The van der Waals surface area contributed by atoms with Gasteiger partial charge in [0.25, 0.3) is 0 Å². The van der Waals surface area contributed by atoms with Crippen LogP contribution < -0.4 is 0 Å². The first-order valence-corrected chi connectivity index (χ1v) is 7.29. The highest BCUT2D eigenvalue weighted by Gasteiger charge is 2.41. The average Bonchev–Trinajstić information content (AvgIpc) is 2.86. The maximum absolute atomic E-state index is 12.5. The standard InChI is InChI=1S/C17H21NO4/c1-11(2)15(19)12(3)16(20)18-14(10-22-17(18)21)9-13-7-5-4-6-8-13/h4-8,12,14-15,19H,1,9-10H2,2-3H3/t12?,14-,15?/m0/s1. The second-order valence-corrected chi connectivity index (χ2v) is 5.71. The van der Waals surface area contributed by atoms with Gasteiger partial charge < -0.3 is 9.84 Å². The van der Waals surface area contributed by atoms with Crippen LogP contribution in [0.2, 0.25) is 0 Å². The van der Waals surface area contributed by atoms with E-state index in [4.69, 9.17) is 4.74 Å². The molecular weight excluding hydrogens is 282 g/mol. The molecule has 2 unspecified atom stereocenters. The summed E-state index contributed by atoms with van der Waals surface area (Å²) in [4.78, 5) is 25.5. The average molecular weight is 303 g/mol. The first kappa shape index (κ1) is 16.2. The van der Waals surface area contributed by atoms with Gasteiger partial charge in [-0.3, -0.25) is 4.79 Å². The molecule has 22 heavy (non-hydrogen) atoms. The van der Waals surface area contributed by atoms with E-state index in [1.165, 1.54) is 0 Å². The second kappa shape index (κ2) is 6.75. The Bertz CT molecular complexity index is 569. The van der Waals surface area contributed by atoms with E-state index in [2.05, 4.69) is 6.58 Å². The van der Waals surface area contributed by atoms with Crippen LogP contribution in [-0.4, -0.2) is 40.8 Å². The maximum atomic E-state index is 12.5. The Hall–Kier alpha value is -2.14. The second-order valence-electron chi connectivity index (χ2n) is 5.71. The largest absolute Gasteiger partial charge is 0.447 e. The zero-order valence-corrected chi connectivity index (χ0v) is 12.9. The van der Waals surface area contributed by atoms with Gasteiger partial charge in [0, 0.05) is 0 Å². The highest BCUT2D eigenvalue weighted by atomic mass is 16.6. The molecular formula is C17H21NO4. The molecule has 0 saturated carbocycles. The summed E-state index contributed by atoms with van der Waals surface area (Å²) in [6.45, 7) is 7.07. The van der Waals surface area contributed by atoms with Crippen LogP contribution in [0.3, 0.4) is 0 Å². The summed E-state index contributed by atoms with van der Waals surface area (Å²) in [5.41, 5.74) is 1.52. The molecule has 0 radical (unpaired) electrons. The van der Waals surface area contributed by atoms with Crippen molar-refractivity contribution in [3.8, 4) is 0 Å². The molecule has 118 valence electrons. The Labute approximate surface area is 130 Å². The van der Waals surface area contributed by atoms with Crippen molar-refractivity contribution in [2.45, 2.75) is 32.4 Å². The van der Waals surface area contributed by atoms with E-state index in [-0.39, 0.29) is 12.6 Å². The van der Waals surface area contributed by atoms with E-state index >= 15 is 0 Å². The summed E-state index contributed by atoms with van der Waals surface area (Å²) in [7, 11) is 0. The van der Waals surface area contributed by atoms with Gasteiger partial charge in [-0.25, -0.2) is 9.69 Å². The zero-order chi connectivity index (χ0) is 16.3. The Balaban J connectivity index is 2.14. The fourth-order valence-electron chi connectivity index (χ4n) is 2.55. The highest BCUT2D eigenvalue weighted by molar-refractivity contribution is 5.95. The molecule has 0 spiro atoms. The molecule has 2 amide bonds. The normalized spacial score (nSPS) is 20.4. The van der Waals surface area contributed by atoms with Crippen molar-refractivity contribution in [1.29, 1.82) is 0 Å². The van der Waals surface area contributed by atoms with Crippen LogP contribution in [0.5, 0.6) is 0 Å². The minimum absolute atomic E-state index is 0.176. The summed E-state index contributed by atoms with van der Waals surface area (Å²) >= 11 is 0. The molecule has 1 fully saturated rings. The molecule has 1 N–H and O–H groups in total. The minimum atomic E-state index is -0.974. The minimum Gasteiger partial charge on any atom is -0.447 e. The molecule has 2 rings (SSSR count). The summed E-state index contributed by atoms with van der Waals surface area (Å²) < 4.78 is 5.02. The number of imide groups is 1. The molecule has 1 aromatic carbocycles. The van der Waals surface area contributed by atoms with Gasteiger partial charge in [0.05, 0.1) is 18.1 Å². The van der Waals surface area contributed by atoms with E-state index in [0.717, 1.165) is 10.5 Å². The molecule has 1 heterocycles. The van der Waals surface area contributed by atoms with Crippen LogP contribution in [0.4, 0.5) is 4.79 Å². The van der Waals surface area contributed by atoms with Crippen molar-refractivity contribution in [2.75, 3.05) is 6.61 Å². The lowest BCUT2D eigenvalue weighted by Gasteiger charge is -2.25. The number of aliphatic hydroxyl groups is 1. The number of hydrogen-bond donors (Lipinski definition) is 1. The summed E-state index contributed by atoms with van der Waals surface area (Å²) in [6, 6.07) is 9.27. The molecule has 1 aliphatic heterocycles. The maximum Gasteiger partial charge on any atom is 0.416 e. The number of cyclic esters (lactones) is 1. The van der Waals surface area contributed by atoms with Crippen molar-refractivity contribution in [3.63, 3.8) is 0 Å². The highest BCUT2D eigenvalue weighted by Crippen LogP contribution is 2.22. The van der Waals surface area contributed by atoms with Crippen molar-refractivity contribution in [2.24, 2.45) is 5.92 Å². The fraction of sp³-hybridized carbons (Fsp3) is 0.412. The van der Waals surface area contributed by atoms with E-state index in [0.29, 0.717) is 12.0 Å². The molecule has 0 aromatic heterocycles. The third kappa shape index (κ3) is 3.36. The number of carbonyl (C=O) groups is 2. The monoisotopic (exact) mass is 303 g/mol. The smallest absolute Gasteiger partial charge is 0.416 e. The predicted octanol–water partition coefficient (Wildman–Crippen LogP) is 2.15. The number of benzene rings is 1. The zero-order valence-electron chi connectivity index (χ0n) is 12.9. The number of carbonyl (C=O) groups excluding carboxylic acids is 2. The first-order valence-electron chi connectivity index (χ1n) is 7.29. The van der Waals surface area contributed by atoms with Gasteiger partial charge in [-0.2, -0.15) is 0 Å². The Morgan fingerprint density at radius 3 is 2.68 bits per heavy atom. The lowest BCUT2D eigenvalue weighted by molar-refractivity contribution is -0.135. The molecule has 5 nitrogen and oxygen atoms in total. The van der Waals surface area contributed by atoms with Crippen molar-refractivity contribution in [3.05, 3.63) is 48.0 Å². The number of nitrogens with zero attached hydrogens (tertiary/aromatic N) is 1. The van der Waals surface area contributed by atoms with Gasteiger partial charge in [-0.15, -0.1) is 0 Å². The number of aliphatic hydroxyl groups excluding tert-OH is 1. The third-order valence-electron chi connectivity index (χ3n) is 3.88. The van der Waals surface area contributed by atoms with E-state index in [1.807, 2.05) is 30.3 Å². The molecule has 1 saturated heterocycles. The van der Waals surface area contributed by atoms with Gasteiger partial charge >= 0.3 is 6.09 Å². The Morgan fingerprint density at radius 1 is 1.45 bits per heavy atom. The van der Waals surface area contributed by atoms with E-state index in [1.54, 1.807) is 13.8 Å². The van der Waals surface area contributed by atoms with Gasteiger partial charge in [0.15, 0.2) is 0 Å². The van der Waals surface area contributed by atoms with Crippen molar-refractivity contribution in [1.82, 2.24) is 4.90 Å². The quantitative estimate of drug-likeness (QED) is 0.846. The Kier molecular flexibility index (Phi) is 4.98. The van der Waals surface area contributed by atoms with Crippen LogP contribution in [0.1, 0.15) is 19.4 Å².